The molecule has 2 rings (SSSR count). The van der Waals surface area contributed by atoms with Crippen LogP contribution in [0.15, 0.2) is 40.8 Å². The minimum absolute atomic E-state index is 0.650. The quantitative estimate of drug-likeness (QED) is 0.852. The smallest absolute Gasteiger partial charge is 0.123 e. The Morgan fingerprint density at radius 1 is 1.20 bits per heavy atom. The number of para-hydroxylation sites is 1. The summed E-state index contributed by atoms with van der Waals surface area (Å²) >= 11 is 6.00. The third-order valence-electron chi connectivity index (χ3n) is 2.12. The zero-order valence-corrected chi connectivity index (χ0v) is 9.21. The van der Waals surface area contributed by atoms with E-state index in [2.05, 4.69) is 5.32 Å². The van der Waals surface area contributed by atoms with Gasteiger partial charge in [0.15, 0.2) is 0 Å². The third kappa shape index (κ3) is 2.54. The Hall–Kier alpha value is -1.41. The molecule has 2 aromatic rings. The molecule has 2 nitrogen and oxygen atoms in total. The molecule has 0 bridgehead atoms. The summed E-state index contributed by atoms with van der Waals surface area (Å²) in [4.78, 5) is 0. The molecule has 0 fully saturated rings. The fourth-order valence-electron chi connectivity index (χ4n) is 1.37. The first-order valence-electron chi connectivity index (χ1n) is 4.79. The van der Waals surface area contributed by atoms with Gasteiger partial charge in [-0.1, -0.05) is 23.7 Å². The Morgan fingerprint density at radius 2 is 2.00 bits per heavy atom. The fourth-order valence-corrected chi connectivity index (χ4v) is 1.57. The van der Waals surface area contributed by atoms with Gasteiger partial charge in [-0.05, 0) is 31.2 Å². The van der Waals surface area contributed by atoms with E-state index in [1.165, 1.54) is 0 Å². The van der Waals surface area contributed by atoms with Crippen LogP contribution >= 0.6 is 11.6 Å². The molecule has 0 aliphatic heterocycles. The Labute approximate surface area is 93.9 Å². The van der Waals surface area contributed by atoms with Crippen molar-refractivity contribution in [2.45, 2.75) is 13.5 Å². The average molecular weight is 222 g/mol. The van der Waals surface area contributed by atoms with Crippen molar-refractivity contribution < 1.29 is 4.42 Å². The number of hydrogen-bond acceptors (Lipinski definition) is 2. The average Bonchev–Trinajstić information content (AvgIpc) is 2.63. The molecule has 1 heterocycles. The molecule has 0 aliphatic carbocycles. The van der Waals surface area contributed by atoms with Crippen molar-refractivity contribution >= 4 is 17.3 Å². The largest absolute Gasteiger partial charge is 0.465 e. The Balaban J connectivity index is 2.02. The molecule has 0 aliphatic rings. The van der Waals surface area contributed by atoms with E-state index in [1.807, 2.05) is 43.3 Å². The lowest BCUT2D eigenvalue weighted by atomic mass is 10.3. The van der Waals surface area contributed by atoms with Crippen LogP contribution in [0.3, 0.4) is 0 Å². The Kier molecular flexibility index (Phi) is 2.97. The summed E-state index contributed by atoms with van der Waals surface area (Å²) in [7, 11) is 0. The summed E-state index contributed by atoms with van der Waals surface area (Å²) in [5.41, 5.74) is 0.924. The molecule has 0 unspecified atom stereocenters. The van der Waals surface area contributed by atoms with Crippen molar-refractivity contribution in [1.29, 1.82) is 0 Å². The molecule has 0 atom stereocenters. The lowest BCUT2D eigenvalue weighted by Gasteiger charge is -2.05. The summed E-state index contributed by atoms with van der Waals surface area (Å²) in [6, 6.07) is 11.6. The lowest BCUT2D eigenvalue weighted by molar-refractivity contribution is 0.490. The van der Waals surface area contributed by atoms with E-state index in [-0.39, 0.29) is 0 Å². The first-order chi connectivity index (χ1) is 7.25. The molecule has 0 spiro atoms. The number of halogens is 1. The standard InChI is InChI=1S/C12H12ClNO/c1-9-6-7-10(15-9)8-14-12-5-3-2-4-11(12)13/h2-7,14H,8H2,1H3. The summed E-state index contributed by atoms with van der Waals surface area (Å²) in [5, 5.41) is 3.94. The first-order valence-corrected chi connectivity index (χ1v) is 5.17. The van der Waals surface area contributed by atoms with Crippen LogP contribution in [0.1, 0.15) is 11.5 Å². The van der Waals surface area contributed by atoms with Crippen LogP contribution in [-0.2, 0) is 6.54 Å². The second-order valence-electron chi connectivity index (χ2n) is 3.35. The molecule has 1 N–H and O–H groups in total. The highest BCUT2D eigenvalue weighted by Gasteiger charge is 2.00. The summed E-state index contributed by atoms with van der Waals surface area (Å²) in [6.07, 6.45) is 0. The number of anilines is 1. The van der Waals surface area contributed by atoms with E-state index in [9.17, 15) is 0 Å². The molecular weight excluding hydrogens is 210 g/mol. The van der Waals surface area contributed by atoms with Gasteiger partial charge in [0, 0.05) is 0 Å². The Bertz CT molecular complexity index is 450. The maximum atomic E-state index is 6.00. The zero-order valence-electron chi connectivity index (χ0n) is 8.46. The van der Waals surface area contributed by atoms with Crippen molar-refractivity contribution in [3.8, 4) is 0 Å². The van der Waals surface area contributed by atoms with Crippen LogP contribution in [0.4, 0.5) is 5.69 Å². The van der Waals surface area contributed by atoms with Gasteiger partial charge in [-0.3, -0.25) is 0 Å². The van der Waals surface area contributed by atoms with Gasteiger partial charge in [0.2, 0.25) is 0 Å². The number of rotatable bonds is 3. The van der Waals surface area contributed by atoms with E-state index in [1.54, 1.807) is 0 Å². The normalized spacial score (nSPS) is 10.3. The van der Waals surface area contributed by atoms with Crippen LogP contribution in [0.5, 0.6) is 0 Å². The van der Waals surface area contributed by atoms with Crippen molar-refractivity contribution in [3.63, 3.8) is 0 Å². The van der Waals surface area contributed by atoms with Gasteiger partial charge in [0.1, 0.15) is 11.5 Å². The van der Waals surface area contributed by atoms with Gasteiger partial charge in [0.25, 0.3) is 0 Å². The van der Waals surface area contributed by atoms with E-state index in [0.717, 1.165) is 22.2 Å². The molecular formula is C12H12ClNO. The summed E-state index contributed by atoms with van der Waals surface area (Å²) < 4.78 is 5.44. The highest BCUT2D eigenvalue weighted by molar-refractivity contribution is 6.33. The molecule has 1 aromatic heterocycles. The van der Waals surface area contributed by atoms with E-state index >= 15 is 0 Å². The highest BCUT2D eigenvalue weighted by atomic mass is 35.5. The molecule has 0 radical (unpaired) electrons. The third-order valence-corrected chi connectivity index (χ3v) is 2.45. The Morgan fingerprint density at radius 3 is 2.67 bits per heavy atom. The molecule has 0 amide bonds. The minimum Gasteiger partial charge on any atom is -0.465 e. The number of furan rings is 1. The molecule has 3 heteroatoms. The first kappa shape index (κ1) is 10.1. The molecule has 0 saturated heterocycles. The van der Waals surface area contributed by atoms with Crippen LogP contribution in [0.25, 0.3) is 0 Å². The number of benzene rings is 1. The van der Waals surface area contributed by atoms with Gasteiger partial charge in [-0.2, -0.15) is 0 Å². The predicted molar refractivity (Wildman–Crippen MR) is 62.2 cm³/mol. The van der Waals surface area contributed by atoms with Crippen molar-refractivity contribution in [3.05, 3.63) is 52.9 Å². The SMILES string of the molecule is Cc1ccc(CNc2ccccc2Cl)o1. The molecule has 78 valence electrons. The maximum Gasteiger partial charge on any atom is 0.123 e. The van der Waals surface area contributed by atoms with Crippen molar-refractivity contribution in [2.75, 3.05) is 5.32 Å². The highest BCUT2D eigenvalue weighted by Crippen LogP contribution is 2.21. The van der Waals surface area contributed by atoms with E-state index in [4.69, 9.17) is 16.0 Å². The van der Waals surface area contributed by atoms with Gasteiger partial charge in [-0.25, -0.2) is 0 Å². The van der Waals surface area contributed by atoms with Gasteiger partial charge in [0.05, 0.1) is 17.3 Å². The zero-order chi connectivity index (χ0) is 10.7. The molecule has 15 heavy (non-hydrogen) atoms. The molecule has 1 aromatic carbocycles. The molecule has 0 saturated carbocycles. The second kappa shape index (κ2) is 4.41. The predicted octanol–water partition coefficient (Wildman–Crippen LogP) is 3.85. The monoisotopic (exact) mass is 221 g/mol. The second-order valence-corrected chi connectivity index (χ2v) is 3.75. The minimum atomic E-state index is 0.650. The maximum absolute atomic E-state index is 6.00. The summed E-state index contributed by atoms with van der Waals surface area (Å²) in [5.74, 6) is 1.83. The van der Waals surface area contributed by atoms with E-state index in [0.29, 0.717) is 6.54 Å². The van der Waals surface area contributed by atoms with Crippen molar-refractivity contribution in [1.82, 2.24) is 0 Å². The van der Waals surface area contributed by atoms with Gasteiger partial charge < -0.3 is 9.73 Å². The van der Waals surface area contributed by atoms with Crippen LogP contribution in [0, 0.1) is 6.92 Å². The fraction of sp³-hybridized carbons (Fsp3) is 0.167. The van der Waals surface area contributed by atoms with Gasteiger partial charge >= 0.3 is 0 Å². The van der Waals surface area contributed by atoms with Crippen LogP contribution < -0.4 is 5.32 Å². The number of hydrogen-bond donors (Lipinski definition) is 1. The van der Waals surface area contributed by atoms with Gasteiger partial charge in [-0.15, -0.1) is 0 Å². The lowest BCUT2D eigenvalue weighted by Crippen LogP contribution is -1.98. The van der Waals surface area contributed by atoms with Crippen LogP contribution in [0.2, 0.25) is 5.02 Å². The van der Waals surface area contributed by atoms with E-state index < -0.39 is 0 Å². The summed E-state index contributed by atoms with van der Waals surface area (Å²) in [6.45, 7) is 2.58. The topological polar surface area (TPSA) is 25.2 Å². The number of aryl methyl sites for hydroxylation is 1. The van der Waals surface area contributed by atoms with Crippen molar-refractivity contribution in [2.24, 2.45) is 0 Å². The van der Waals surface area contributed by atoms with Crippen LogP contribution in [-0.4, -0.2) is 0 Å². The number of nitrogens with one attached hydrogen (secondary N) is 1.